The number of alkyl halides is 1. The number of carbonyl (C=O) groups excluding carboxylic acids is 1. The van der Waals surface area contributed by atoms with Gasteiger partial charge in [-0.25, -0.2) is 4.39 Å². The number of carboxylic acid groups (broad SMARTS) is 1. The molecule has 0 bridgehead atoms. The Hall–Kier alpha value is -1.95. The summed E-state index contributed by atoms with van der Waals surface area (Å²) >= 11 is 0. The normalized spacial score (nSPS) is 26.6. The lowest BCUT2D eigenvalue weighted by atomic mass is 9.84. The topological polar surface area (TPSA) is 69.6 Å². The molecule has 5 nitrogen and oxygen atoms in total. The summed E-state index contributed by atoms with van der Waals surface area (Å²) in [5, 5.41) is 12.5. The maximum absolute atomic E-state index is 15.1. The Labute approximate surface area is 147 Å². The number of nitrogens with zero attached hydrogens (tertiary/aromatic N) is 1. The molecule has 2 fully saturated rings. The molecule has 0 unspecified atom stereocenters. The highest BCUT2D eigenvalue weighted by Gasteiger charge is 2.56. The smallest absolute Gasteiger partial charge is 0.309 e. The fourth-order valence-corrected chi connectivity index (χ4v) is 3.72. The van der Waals surface area contributed by atoms with Crippen LogP contribution in [0.5, 0.6) is 0 Å². The second-order valence-corrected chi connectivity index (χ2v) is 7.91. The Morgan fingerprint density at radius 2 is 2.20 bits per heavy atom. The van der Waals surface area contributed by atoms with Crippen LogP contribution in [0.15, 0.2) is 18.2 Å². The first-order chi connectivity index (χ1) is 11.6. The third-order valence-corrected chi connectivity index (χ3v) is 5.56. The van der Waals surface area contributed by atoms with Crippen molar-refractivity contribution >= 4 is 17.6 Å². The van der Waals surface area contributed by atoms with E-state index in [1.54, 1.807) is 13.8 Å². The van der Waals surface area contributed by atoms with Crippen molar-refractivity contribution in [3.63, 3.8) is 0 Å². The summed E-state index contributed by atoms with van der Waals surface area (Å²) in [6.07, 6.45) is 0.563. The van der Waals surface area contributed by atoms with Gasteiger partial charge in [0.2, 0.25) is 0 Å². The van der Waals surface area contributed by atoms with Gasteiger partial charge in [0.05, 0.1) is 5.41 Å². The number of benzene rings is 1. The van der Waals surface area contributed by atoms with Crippen molar-refractivity contribution in [2.24, 2.45) is 11.3 Å². The quantitative estimate of drug-likeness (QED) is 0.876. The SMILES string of the molecule is Cc1ccc(N2C[C@@H]3CNCC[C@]3(F)C2=O)cc1CC(C)(C)C(=O)O. The molecule has 1 amide bonds. The van der Waals surface area contributed by atoms with E-state index < -0.39 is 23.0 Å². The molecule has 2 aliphatic rings. The van der Waals surface area contributed by atoms with E-state index in [0.29, 0.717) is 31.7 Å². The molecular weight excluding hydrogens is 323 g/mol. The lowest BCUT2D eigenvalue weighted by Crippen LogP contribution is -2.49. The molecule has 0 radical (unpaired) electrons. The fraction of sp³-hybridized carbons (Fsp3) is 0.579. The zero-order valence-electron chi connectivity index (χ0n) is 14.9. The van der Waals surface area contributed by atoms with Crippen LogP contribution < -0.4 is 10.2 Å². The van der Waals surface area contributed by atoms with Gasteiger partial charge in [0, 0.05) is 31.1 Å². The summed E-state index contributed by atoms with van der Waals surface area (Å²) in [6.45, 7) is 6.65. The summed E-state index contributed by atoms with van der Waals surface area (Å²) in [7, 11) is 0. The van der Waals surface area contributed by atoms with E-state index in [0.717, 1.165) is 11.1 Å². The number of nitrogens with one attached hydrogen (secondary N) is 1. The fourth-order valence-electron chi connectivity index (χ4n) is 3.72. The second kappa shape index (κ2) is 6.09. The van der Waals surface area contributed by atoms with E-state index in [9.17, 15) is 14.7 Å². The lowest BCUT2D eigenvalue weighted by Gasteiger charge is -2.29. The van der Waals surface area contributed by atoms with Gasteiger partial charge in [-0.3, -0.25) is 9.59 Å². The summed E-state index contributed by atoms with van der Waals surface area (Å²) in [4.78, 5) is 25.6. The van der Waals surface area contributed by atoms with E-state index in [2.05, 4.69) is 5.32 Å². The number of hydrogen-bond donors (Lipinski definition) is 2. The first-order valence-electron chi connectivity index (χ1n) is 8.70. The van der Waals surface area contributed by atoms with Crippen LogP contribution in [0, 0.1) is 18.3 Å². The summed E-state index contributed by atoms with van der Waals surface area (Å²) < 4.78 is 15.1. The van der Waals surface area contributed by atoms with Crippen LogP contribution in [0.4, 0.5) is 10.1 Å². The number of amides is 1. The van der Waals surface area contributed by atoms with Crippen LogP contribution in [0.3, 0.4) is 0 Å². The van der Waals surface area contributed by atoms with Gasteiger partial charge < -0.3 is 15.3 Å². The molecule has 3 rings (SSSR count). The van der Waals surface area contributed by atoms with E-state index in [1.165, 1.54) is 4.90 Å². The van der Waals surface area contributed by atoms with Crippen molar-refractivity contribution in [2.75, 3.05) is 24.5 Å². The van der Waals surface area contributed by atoms with Crippen LogP contribution >= 0.6 is 0 Å². The highest BCUT2D eigenvalue weighted by atomic mass is 19.1. The second-order valence-electron chi connectivity index (χ2n) is 7.91. The average molecular weight is 348 g/mol. The molecule has 6 heteroatoms. The zero-order chi connectivity index (χ0) is 18.4. The summed E-state index contributed by atoms with van der Waals surface area (Å²) in [6, 6.07) is 5.53. The first kappa shape index (κ1) is 17.9. The molecule has 0 aromatic heterocycles. The zero-order valence-corrected chi connectivity index (χ0v) is 14.9. The largest absolute Gasteiger partial charge is 0.481 e. The highest BCUT2D eigenvalue weighted by molar-refractivity contribution is 6.02. The Balaban J connectivity index is 1.90. The lowest BCUT2D eigenvalue weighted by molar-refractivity contribution is -0.146. The maximum atomic E-state index is 15.1. The molecule has 2 saturated heterocycles. The van der Waals surface area contributed by atoms with Crippen molar-refractivity contribution in [3.05, 3.63) is 29.3 Å². The molecule has 1 aromatic carbocycles. The Morgan fingerprint density at radius 1 is 1.48 bits per heavy atom. The van der Waals surface area contributed by atoms with Gasteiger partial charge in [0.1, 0.15) is 0 Å². The minimum atomic E-state index is -1.78. The number of fused-ring (bicyclic) bond motifs is 1. The van der Waals surface area contributed by atoms with Crippen molar-refractivity contribution in [3.8, 4) is 0 Å². The van der Waals surface area contributed by atoms with Gasteiger partial charge in [-0.05, 0) is 57.0 Å². The van der Waals surface area contributed by atoms with Crippen molar-refractivity contribution in [1.82, 2.24) is 5.32 Å². The third kappa shape index (κ3) is 3.03. The molecule has 2 aliphatic heterocycles. The van der Waals surface area contributed by atoms with Gasteiger partial charge in [-0.2, -0.15) is 0 Å². The monoisotopic (exact) mass is 348 g/mol. The summed E-state index contributed by atoms with van der Waals surface area (Å²) in [5.41, 5.74) is -0.190. The Bertz CT molecular complexity index is 719. The van der Waals surface area contributed by atoms with Crippen molar-refractivity contribution in [1.29, 1.82) is 0 Å². The molecule has 1 aromatic rings. The predicted octanol–water partition coefficient (Wildman–Crippen LogP) is 2.31. The van der Waals surface area contributed by atoms with E-state index in [1.807, 2.05) is 25.1 Å². The van der Waals surface area contributed by atoms with Crippen LogP contribution in [-0.4, -0.2) is 42.3 Å². The van der Waals surface area contributed by atoms with Crippen molar-refractivity contribution < 1.29 is 19.1 Å². The van der Waals surface area contributed by atoms with E-state index in [-0.39, 0.29) is 12.3 Å². The molecule has 0 spiro atoms. The van der Waals surface area contributed by atoms with E-state index in [4.69, 9.17) is 0 Å². The number of rotatable bonds is 4. The van der Waals surface area contributed by atoms with Crippen LogP contribution in [0.2, 0.25) is 0 Å². The first-order valence-corrected chi connectivity index (χ1v) is 8.70. The predicted molar refractivity (Wildman–Crippen MR) is 93.5 cm³/mol. The number of aryl methyl sites for hydroxylation is 1. The minimum absolute atomic E-state index is 0.206. The maximum Gasteiger partial charge on any atom is 0.309 e. The molecule has 25 heavy (non-hydrogen) atoms. The Morgan fingerprint density at radius 3 is 2.84 bits per heavy atom. The van der Waals surface area contributed by atoms with E-state index >= 15 is 4.39 Å². The molecule has 2 N–H and O–H groups in total. The number of carboxylic acids is 1. The molecule has 0 saturated carbocycles. The molecular formula is C19H25FN2O3. The number of piperidine rings is 1. The van der Waals surface area contributed by atoms with Crippen LogP contribution in [0.1, 0.15) is 31.4 Å². The van der Waals surface area contributed by atoms with Gasteiger partial charge in [0.15, 0.2) is 5.67 Å². The number of hydrogen-bond acceptors (Lipinski definition) is 3. The van der Waals surface area contributed by atoms with Crippen LogP contribution in [0.25, 0.3) is 0 Å². The average Bonchev–Trinajstić information content (AvgIpc) is 2.81. The number of anilines is 1. The highest BCUT2D eigenvalue weighted by Crippen LogP contribution is 2.40. The molecule has 0 aliphatic carbocycles. The minimum Gasteiger partial charge on any atom is -0.481 e. The van der Waals surface area contributed by atoms with Gasteiger partial charge >= 0.3 is 5.97 Å². The standard InChI is InChI=1S/C19H25FN2O3/c1-12-4-5-15(8-13(12)9-18(2,3)17(24)25)22-11-14-10-21-7-6-19(14,20)16(22)23/h4-5,8,14,21H,6-7,9-11H2,1-3H3,(H,24,25)/t14-,19+/m0/s1. The number of aliphatic carboxylic acids is 1. The number of carbonyl (C=O) groups is 2. The molecule has 2 atom stereocenters. The third-order valence-electron chi connectivity index (χ3n) is 5.56. The molecule has 2 heterocycles. The summed E-state index contributed by atoms with van der Waals surface area (Å²) in [5.74, 6) is -1.67. The number of halogens is 1. The van der Waals surface area contributed by atoms with Gasteiger partial charge in [0.25, 0.3) is 5.91 Å². The molecule has 136 valence electrons. The van der Waals surface area contributed by atoms with Crippen molar-refractivity contribution in [2.45, 2.75) is 39.3 Å². The van der Waals surface area contributed by atoms with Gasteiger partial charge in [-0.1, -0.05) is 6.07 Å². The Kier molecular flexibility index (Phi) is 4.35. The van der Waals surface area contributed by atoms with Gasteiger partial charge in [-0.15, -0.1) is 0 Å². The van der Waals surface area contributed by atoms with Crippen LogP contribution in [-0.2, 0) is 16.0 Å².